The third-order valence-electron chi connectivity index (χ3n) is 5.02. The predicted molar refractivity (Wildman–Crippen MR) is 116 cm³/mol. The molecule has 7 heteroatoms. The monoisotopic (exact) mass is 420 g/mol. The molecule has 2 heterocycles. The van der Waals surface area contributed by atoms with Crippen LogP contribution in [0.1, 0.15) is 48.8 Å². The van der Waals surface area contributed by atoms with Crippen molar-refractivity contribution in [1.82, 2.24) is 14.6 Å². The molecule has 1 amide bonds. The van der Waals surface area contributed by atoms with Crippen LogP contribution in [0.3, 0.4) is 0 Å². The van der Waals surface area contributed by atoms with Gasteiger partial charge in [0.15, 0.2) is 5.65 Å². The number of halogens is 2. The molecule has 0 saturated carbocycles. The third-order valence-corrected chi connectivity index (χ3v) is 5.02. The Bertz CT molecular complexity index is 1240. The molecule has 5 nitrogen and oxygen atoms in total. The minimum Gasteiger partial charge on any atom is -0.322 e. The van der Waals surface area contributed by atoms with E-state index < -0.39 is 12.3 Å². The molecule has 2 aromatic heterocycles. The molecule has 158 valence electrons. The number of nitrogens with one attached hydrogen (secondary N) is 1. The number of carbonyl (C=O) groups is 1. The molecular formula is C24H22F2N4O. The van der Waals surface area contributed by atoms with Gasteiger partial charge in [0.25, 0.3) is 12.3 Å². The molecule has 0 radical (unpaired) electrons. The first-order chi connectivity index (χ1) is 14.8. The van der Waals surface area contributed by atoms with Crippen molar-refractivity contribution in [2.45, 2.75) is 32.6 Å². The molecule has 0 atom stereocenters. The molecule has 1 N–H and O–H groups in total. The fourth-order valence-electron chi connectivity index (χ4n) is 3.49. The number of benzene rings is 2. The van der Waals surface area contributed by atoms with Gasteiger partial charge in [0, 0.05) is 11.3 Å². The number of anilines is 1. The Hall–Kier alpha value is -3.61. The number of hydrogen-bond donors (Lipinski definition) is 1. The summed E-state index contributed by atoms with van der Waals surface area (Å²) in [5, 5.41) is 6.92. The maximum atomic E-state index is 13.7. The maximum absolute atomic E-state index is 13.7. The summed E-state index contributed by atoms with van der Waals surface area (Å²) in [6.07, 6.45) is -1.50. The molecule has 0 unspecified atom stereocenters. The second-order valence-electron chi connectivity index (χ2n) is 8.28. The summed E-state index contributed by atoms with van der Waals surface area (Å²) in [4.78, 5) is 17.6. The highest BCUT2D eigenvalue weighted by molar-refractivity contribution is 6.08. The average molecular weight is 420 g/mol. The Morgan fingerprint density at radius 1 is 1.03 bits per heavy atom. The first-order valence-corrected chi connectivity index (χ1v) is 9.89. The summed E-state index contributed by atoms with van der Waals surface area (Å²) in [5.41, 5.74) is 2.36. The molecule has 0 aliphatic heterocycles. The molecule has 0 saturated heterocycles. The minimum atomic E-state index is -2.77. The van der Waals surface area contributed by atoms with Gasteiger partial charge < -0.3 is 5.32 Å². The van der Waals surface area contributed by atoms with Gasteiger partial charge in [-0.3, -0.25) is 4.79 Å². The molecule has 4 rings (SSSR count). The normalized spacial score (nSPS) is 11.8. The zero-order chi connectivity index (χ0) is 22.2. The Morgan fingerprint density at radius 2 is 1.71 bits per heavy atom. The smallest absolute Gasteiger partial charge is 0.280 e. The number of para-hydroxylation sites is 1. The number of nitrogens with zero attached hydrogens (tertiary/aromatic N) is 3. The molecule has 0 spiro atoms. The Balaban J connectivity index is 1.80. The van der Waals surface area contributed by atoms with Gasteiger partial charge in [-0.15, -0.1) is 0 Å². The highest BCUT2D eigenvalue weighted by Gasteiger charge is 2.23. The Kier molecular flexibility index (Phi) is 5.27. The molecule has 0 fully saturated rings. The second-order valence-corrected chi connectivity index (χ2v) is 8.28. The largest absolute Gasteiger partial charge is 0.322 e. The van der Waals surface area contributed by atoms with E-state index in [1.807, 2.05) is 30.3 Å². The SMILES string of the molecule is CC(C)(C)c1ccccc1NC(=O)c1cnn2c(C(F)F)cc(-c3ccccc3)nc12. The van der Waals surface area contributed by atoms with Gasteiger partial charge in [0.2, 0.25) is 0 Å². The van der Waals surface area contributed by atoms with Gasteiger partial charge >= 0.3 is 0 Å². The van der Waals surface area contributed by atoms with Gasteiger partial charge in [-0.2, -0.15) is 5.10 Å². The number of aromatic nitrogens is 3. The quantitative estimate of drug-likeness (QED) is 0.448. The van der Waals surface area contributed by atoms with Crippen LogP contribution in [-0.4, -0.2) is 20.5 Å². The molecule has 31 heavy (non-hydrogen) atoms. The predicted octanol–water partition coefficient (Wildman–Crippen LogP) is 5.88. The lowest BCUT2D eigenvalue weighted by molar-refractivity contribution is 0.102. The van der Waals surface area contributed by atoms with Crippen molar-refractivity contribution >= 4 is 17.2 Å². The first-order valence-electron chi connectivity index (χ1n) is 9.89. The van der Waals surface area contributed by atoms with Crippen LogP contribution in [0.15, 0.2) is 66.9 Å². The van der Waals surface area contributed by atoms with Crippen LogP contribution < -0.4 is 5.32 Å². The van der Waals surface area contributed by atoms with E-state index in [2.05, 4.69) is 36.2 Å². The van der Waals surface area contributed by atoms with Gasteiger partial charge in [-0.05, 0) is 23.1 Å². The molecule has 0 aliphatic rings. The molecule has 4 aromatic rings. The van der Waals surface area contributed by atoms with Crippen LogP contribution in [0, 0.1) is 0 Å². The van der Waals surface area contributed by atoms with E-state index in [1.165, 1.54) is 12.3 Å². The van der Waals surface area contributed by atoms with Gasteiger partial charge in [-0.1, -0.05) is 69.3 Å². The zero-order valence-corrected chi connectivity index (χ0v) is 17.4. The van der Waals surface area contributed by atoms with Crippen LogP contribution in [0.4, 0.5) is 14.5 Å². The summed E-state index contributed by atoms with van der Waals surface area (Å²) in [6.45, 7) is 6.15. The summed E-state index contributed by atoms with van der Waals surface area (Å²) >= 11 is 0. The van der Waals surface area contributed by atoms with Crippen LogP contribution >= 0.6 is 0 Å². The maximum Gasteiger partial charge on any atom is 0.280 e. The van der Waals surface area contributed by atoms with Gasteiger partial charge in [-0.25, -0.2) is 18.3 Å². The van der Waals surface area contributed by atoms with E-state index in [-0.39, 0.29) is 22.3 Å². The van der Waals surface area contributed by atoms with Gasteiger partial charge in [0.05, 0.1) is 11.9 Å². The van der Waals surface area contributed by atoms with Crippen molar-refractivity contribution in [3.63, 3.8) is 0 Å². The molecular weight excluding hydrogens is 398 g/mol. The second kappa shape index (κ2) is 7.91. The van der Waals surface area contributed by atoms with E-state index >= 15 is 0 Å². The van der Waals surface area contributed by atoms with Crippen molar-refractivity contribution in [3.05, 3.63) is 83.7 Å². The lowest BCUT2D eigenvalue weighted by Crippen LogP contribution is -2.19. The number of carbonyl (C=O) groups excluding carboxylic acids is 1. The summed E-state index contributed by atoms with van der Waals surface area (Å²) in [7, 11) is 0. The number of alkyl halides is 2. The lowest BCUT2D eigenvalue weighted by atomic mass is 9.86. The van der Waals surface area contributed by atoms with Crippen LogP contribution in [-0.2, 0) is 5.41 Å². The van der Waals surface area contributed by atoms with E-state index in [9.17, 15) is 13.6 Å². The van der Waals surface area contributed by atoms with Crippen molar-refractivity contribution in [2.75, 3.05) is 5.32 Å². The van der Waals surface area contributed by atoms with Crippen LogP contribution in [0.5, 0.6) is 0 Å². The highest BCUT2D eigenvalue weighted by atomic mass is 19.3. The molecule has 0 bridgehead atoms. The summed E-state index contributed by atoms with van der Waals surface area (Å²) in [5.74, 6) is -0.454. The number of amides is 1. The van der Waals surface area contributed by atoms with Crippen LogP contribution in [0.2, 0.25) is 0 Å². The van der Waals surface area contributed by atoms with E-state index in [0.29, 0.717) is 16.9 Å². The Morgan fingerprint density at radius 3 is 2.39 bits per heavy atom. The van der Waals surface area contributed by atoms with Crippen molar-refractivity contribution in [2.24, 2.45) is 0 Å². The zero-order valence-electron chi connectivity index (χ0n) is 17.4. The minimum absolute atomic E-state index is 0.0855. The van der Waals surface area contributed by atoms with E-state index in [0.717, 1.165) is 10.1 Å². The van der Waals surface area contributed by atoms with E-state index in [1.54, 1.807) is 24.3 Å². The van der Waals surface area contributed by atoms with Gasteiger partial charge in [0.1, 0.15) is 11.3 Å². The summed E-state index contributed by atoms with van der Waals surface area (Å²) < 4.78 is 28.5. The van der Waals surface area contributed by atoms with Crippen molar-refractivity contribution < 1.29 is 13.6 Å². The first kappa shape index (κ1) is 20.7. The number of fused-ring (bicyclic) bond motifs is 1. The fourth-order valence-corrected chi connectivity index (χ4v) is 3.49. The molecule has 2 aromatic carbocycles. The number of hydrogen-bond acceptors (Lipinski definition) is 3. The topological polar surface area (TPSA) is 59.3 Å². The molecule has 0 aliphatic carbocycles. The van der Waals surface area contributed by atoms with E-state index in [4.69, 9.17) is 0 Å². The van der Waals surface area contributed by atoms with Crippen LogP contribution in [0.25, 0.3) is 16.9 Å². The third kappa shape index (κ3) is 4.03. The Labute approximate surface area is 178 Å². The number of rotatable bonds is 4. The fraction of sp³-hybridized carbons (Fsp3) is 0.208. The standard InChI is InChI=1S/C24H22F2N4O/c1-24(2,3)17-11-7-8-12-18(17)29-23(31)16-14-27-30-20(21(25)26)13-19(28-22(16)30)15-9-5-4-6-10-15/h4-14,21H,1-3H3,(H,29,31). The summed E-state index contributed by atoms with van der Waals surface area (Å²) in [6, 6.07) is 17.8. The van der Waals surface area contributed by atoms with Crippen molar-refractivity contribution in [3.8, 4) is 11.3 Å². The average Bonchev–Trinajstić information content (AvgIpc) is 3.17. The lowest BCUT2D eigenvalue weighted by Gasteiger charge is -2.22. The highest BCUT2D eigenvalue weighted by Crippen LogP contribution is 2.30. The van der Waals surface area contributed by atoms with Crippen molar-refractivity contribution in [1.29, 1.82) is 0 Å².